The van der Waals surface area contributed by atoms with Gasteiger partial charge in [-0.2, -0.15) is 0 Å². The minimum Gasteiger partial charge on any atom is -0.412 e. The monoisotopic (exact) mass is 82.0 g/mol. The zero-order valence-electron chi connectivity index (χ0n) is 2.06. The van der Waals surface area contributed by atoms with Crippen molar-refractivity contribution in [3.8, 4) is 0 Å². The number of nitrogens with two attached hydrogens (primary N) is 2. The Labute approximate surface area is 28.9 Å². The van der Waals surface area contributed by atoms with Crippen LogP contribution in [0.15, 0.2) is 0 Å². The lowest BCUT2D eigenvalue weighted by Gasteiger charge is -1.55. The molecule has 28 valence electrons. The molecule has 0 fully saturated rings. The van der Waals surface area contributed by atoms with E-state index in [4.69, 9.17) is 0 Å². The molecule has 0 radical (unpaired) electrons. The second-order valence-electron chi connectivity index (χ2n) is 0.136. The summed E-state index contributed by atoms with van der Waals surface area (Å²) < 4.78 is 0. The first-order valence-corrected chi connectivity index (χ1v) is 1.41. The van der Waals surface area contributed by atoms with Crippen molar-refractivity contribution >= 4 is 12.1 Å². The highest BCUT2D eigenvalue weighted by Gasteiger charge is 1.29. The molecular weight excluding hydrogens is 76.1 g/mol. The van der Waals surface area contributed by atoms with E-state index < -0.39 is 0 Å². The maximum Gasteiger partial charge on any atom is -0.00297 e. The summed E-state index contributed by atoms with van der Waals surface area (Å²) in [5.74, 6) is 0. The summed E-state index contributed by atoms with van der Waals surface area (Å²) >= 11 is 0.750. The molecule has 0 aromatic rings. The van der Waals surface area contributed by atoms with E-state index in [-0.39, 0.29) is 5.48 Å². The highest BCUT2D eigenvalue weighted by Crippen LogP contribution is 1.46. The Morgan fingerprint density at radius 1 is 1.25 bits per heavy atom. The van der Waals surface area contributed by atoms with Gasteiger partial charge in [-0.05, 0) is 12.1 Å². The molecule has 4 heavy (non-hydrogen) atoms. The van der Waals surface area contributed by atoms with Gasteiger partial charge in [0.05, 0.1) is 0 Å². The van der Waals surface area contributed by atoms with Crippen molar-refractivity contribution in [3.05, 3.63) is 0 Å². The Morgan fingerprint density at radius 2 is 1.25 bits per heavy atom. The molecule has 0 saturated carbocycles. The van der Waals surface area contributed by atoms with Crippen molar-refractivity contribution in [3.63, 3.8) is 0 Å². The second kappa shape index (κ2) is 10.6. The molecule has 0 bridgehead atoms. The predicted molar refractivity (Wildman–Crippen MR) is 19.6 cm³/mol. The Morgan fingerprint density at radius 3 is 1.25 bits per heavy atom. The summed E-state index contributed by atoms with van der Waals surface area (Å²) in [5.41, 5.74) is 0. The third-order valence-electron chi connectivity index (χ3n) is 0. The fourth-order valence-electron chi connectivity index (χ4n) is 0. The van der Waals surface area contributed by atoms with Crippen LogP contribution in [0.3, 0.4) is 0 Å². The van der Waals surface area contributed by atoms with Gasteiger partial charge in [-0.1, -0.05) is 0 Å². The molecule has 0 aliphatic heterocycles. The molecule has 3 nitrogen and oxygen atoms in total. The highest BCUT2D eigenvalue weighted by molar-refractivity contribution is 7.94. The van der Waals surface area contributed by atoms with E-state index in [9.17, 15) is 0 Å². The summed E-state index contributed by atoms with van der Waals surface area (Å²) in [6.07, 6.45) is 0. The summed E-state index contributed by atoms with van der Waals surface area (Å²) in [6.45, 7) is 0. The molecular formula is H6N2OS. The van der Waals surface area contributed by atoms with Gasteiger partial charge < -0.3 is 5.48 Å². The van der Waals surface area contributed by atoms with Gasteiger partial charge in [0.2, 0.25) is 0 Å². The summed E-state index contributed by atoms with van der Waals surface area (Å²) in [4.78, 5) is 0. The molecule has 6 N–H and O–H groups in total. The zero-order valence-corrected chi connectivity index (χ0v) is 2.88. The summed E-state index contributed by atoms with van der Waals surface area (Å²) in [6, 6.07) is 0. The van der Waals surface area contributed by atoms with Gasteiger partial charge >= 0.3 is 0 Å². The smallest absolute Gasteiger partial charge is 0.00297 e. The van der Waals surface area contributed by atoms with E-state index >= 15 is 0 Å². The summed E-state index contributed by atoms with van der Waals surface area (Å²) in [5, 5.41) is 9.08. The van der Waals surface area contributed by atoms with Gasteiger partial charge in [-0.3, -0.25) is 10.3 Å². The predicted octanol–water partition coefficient (Wildman–Crippen LogP) is -1.36. The minimum atomic E-state index is 0. The van der Waals surface area contributed by atoms with Crippen LogP contribution in [0.1, 0.15) is 0 Å². The molecule has 4 heteroatoms. The van der Waals surface area contributed by atoms with Crippen molar-refractivity contribution in [2.45, 2.75) is 0 Å². The van der Waals surface area contributed by atoms with Gasteiger partial charge in [-0.15, -0.1) is 0 Å². The standard InChI is InChI=1S/H4N2S.H2O/c1-3-2;/h1-2H2;1H2. The molecule has 0 amide bonds. The molecule has 0 saturated heterocycles. The van der Waals surface area contributed by atoms with E-state index in [0.717, 1.165) is 12.1 Å². The fourth-order valence-corrected chi connectivity index (χ4v) is 0. The zero-order chi connectivity index (χ0) is 2.71. The first kappa shape index (κ1) is 8.87. The Hall–Kier alpha value is 0.230. The maximum atomic E-state index is 4.54. The fraction of sp³-hybridized carbons (Fsp3) is 0. The quantitative estimate of drug-likeness (QED) is 0.354. The van der Waals surface area contributed by atoms with Crippen molar-refractivity contribution in [2.75, 3.05) is 0 Å². The lowest BCUT2D eigenvalue weighted by molar-refractivity contribution is 0.824. The largest absolute Gasteiger partial charge is 0.412 e. The van der Waals surface area contributed by atoms with Crippen LogP contribution in [0.5, 0.6) is 0 Å². The Bertz CT molecular complexity index is 6.00. The van der Waals surface area contributed by atoms with Crippen molar-refractivity contribution in [2.24, 2.45) is 10.3 Å². The second-order valence-corrected chi connectivity index (χ2v) is 0.408. The number of rotatable bonds is 0. The van der Waals surface area contributed by atoms with Crippen molar-refractivity contribution in [1.82, 2.24) is 0 Å². The molecule has 0 aromatic carbocycles. The van der Waals surface area contributed by atoms with Gasteiger partial charge in [0.25, 0.3) is 0 Å². The molecule has 0 aromatic heterocycles. The Balaban J connectivity index is 0. The molecule has 0 aliphatic carbocycles. The van der Waals surface area contributed by atoms with E-state index in [1.54, 1.807) is 0 Å². The molecule has 0 spiro atoms. The molecule has 0 aliphatic rings. The van der Waals surface area contributed by atoms with Gasteiger partial charge in [0, 0.05) is 0 Å². The molecule has 0 rings (SSSR count). The van der Waals surface area contributed by atoms with Crippen LogP contribution in [-0.2, 0) is 0 Å². The van der Waals surface area contributed by atoms with Crippen LogP contribution in [0.2, 0.25) is 0 Å². The number of hydrogen-bond donors (Lipinski definition) is 2. The molecule has 0 unspecified atom stereocenters. The normalized spacial score (nSPS) is 4.50. The molecule has 0 atom stereocenters. The first-order valence-electron chi connectivity index (χ1n) is 0.471. The minimum absolute atomic E-state index is 0. The average Bonchev–Trinajstić information content (AvgIpc) is 0.918. The van der Waals surface area contributed by atoms with Gasteiger partial charge in [-0.25, -0.2) is 0 Å². The summed E-state index contributed by atoms with van der Waals surface area (Å²) in [7, 11) is 0. The highest BCUT2D eigenvalue weighted by atomic mass is 32.2. The van der Waals surface area contributed by atoms with Crippen LogP contribution in [0.4, 0.5) is 0 Å². The SMILES string of the molecule is NSN.O. The van der Waals surface area contributed by atoms with E-state index in [1.165, 1.54) is 0 Å². The van der Waals surface area contributed by atoms with Crippen LogP contribution in [0.25, 0.3) is 0 Å². The first-order chi connectivity index (χ1) is 1.41. The van der Waals surface area contributed by atoms with Crippen LogP contribution in [0, 0.1) is 0 Å². The van der Waals surface area contributed by atoms with Crippen molar-refractivity contribution < 1.29 is 5.48 Å². The van der Waals surface area contributed by atoms with E-state index in [2.05, 4.69) is 10.3 Å². The lowest BCUT2D eigenvalue weighted by atomic mass is 13.9. The average molecular weight is 82.1 g/mol. The Kier molecular flexibility index (Phi) is 23.6. The number of hydrogen-bond acceptors (Lipinski definition) is 3. The lowest BCUT2D eigenvalue weighted by Crippen LogP contribution is -1.83. The van der Waals surface area contributed by atoms with E-state index in [0.29, 0.717) is 0 Å². The third-order valence-corrected chi connectivity index (χ3v) is 0. The van der Waals surface area contributed by atoms with Crippen molar-refractivity contribution in [1.29, 1.82) is 0 Å². The van der Waals surface area contributed by atoms with Gasteiger partial charge in [0.1, 0.15) is 0 Å². The molecule has 0 heterocycles. The van der Waals surface area contributed by atoms with Crippen LogP contribution in [-0.4, -0.2) is 5.48 Å². The van der Waals surface area contributed by atoms with Gasteiger partial charge in [0.15, 0.2) is 0 Å². The topological polar surface area (TPSA) is 83.5 Å². The third kappa shape index (κ3) is 63.8. The van der Waals surface area contributed by atoms with E-state index in [1.807, 2.05) is 0 Å². The van der Waals surface area contributed by atoms with Crippen LogP contribution >= 0.6 is 12.1 Å². The van der Waals surface area contributed by atoms with Crippen LogP contribution < -0.4 is 10.3 Å². The maximum absolute atomic E-state index is 4.54.